The van der Waals surface area contributed by atoms with E-state index in [0.29, 0.717) is 0 Å². The zero-order chi connectivity index (χ0) is 20.0. The van der Waals surface area contributed by atoms with Crippen LogP contribution >= 0.6 is 0 Å². The van der Waals surface area contributed by atoms with Gasteiger partial charge in [0, 0.05) is 5.56 Å². The van der Waals surface area contributed by atoms with E-state index >= 15 is 0 Å². The molecule has 2 aromatic rings. The molecule has 6 nitrogen and oxygen atoms in total. The third-order valence-electron chi connectivity index (χ3n) is 3.77. The summed E-state index contributed by atoms with van der Waals surface area (Å²) in [6, 6.07) is 11.3. The Morgan fingerprint density at radius 2 is 1.63 bits per heavy atom. The fourth-order valence-corrected chi connectivity index (χ4v) is 3.59. The number of carbonyl (C=O) groups excluding carboxylic acids is 2. The molecule has 0 bridgehead atoms. The van der Waals surface area contributed by atoms with Crippen LogP contribution in [0, 0.1) is 11.7 Å². The van der Waals surface area contributed by atoms with Gasteiger partial charge in [-0.15, -0.1) is 0 Å². The summed E-state index contributed by atoms with van der Waals surface area (Å²) in [7, 11) is -3.92. The van der Waals surface area contributed by atoms with Crippen molar-refractivity contribution in [1.29, 1.82) is 0 Å². The summed E-state index contributed by atoms with van der Waals surface area (Å²) in [5.41, 5.74) is 0.190. The number of ketones is 1. The summed E-state index contributed by atoms with van der Waals surface area (Å²) < 4.78 is 45.0. The Balaban J connectivity index is 2.04. The van der Waals surface area contributed by atoms with Gasteiger partial charge in [0.05, 0.1) is 4.90 Å². The van der Waals surface area contributed by atoms with E-state index in [2.05, 4.69) is 4.72 Å². The Labute approximate surface area is 157 Å². The minimum absolute atomic E-state index is 0.0193. The van der Waals surface area contributed by atoms with Crippen molar-refractivity contribution in [3.8, 4) is 0 Å². The molecule has 144 valence electrons. The number of ether oxygens (including phenoxy) is 1. The molecule has 0 fully saturated rings. The van der Waals surface area contributed by atoms with Gasteiger partial charge in [-0.1, -0.05) is 32.0 Å². The van der Waals surface area contributed by atoms with Gasteiger partial charge in [0.2, 0.25) is 10.0 Å². The molecule has 0 aliphatic heterocycles. The highest BCUT2D eigenvalue weighted by molar-refractivity contribution is 7.89. The maximum absolute atomic E-state index is 12.9. The number of Topliss-reactive ketones (excluding diaryl/α,β-unsaturated/α-hetero) is 1. The van der Waals surface area contributed by atoms with Crippen molar-refractivity contribution in [3.63, 3.8) is 0 Å². The minimum atomic E-state index is -3.92. The first-order chi connectivity index (χ1) is 12.7. The van der Waals surface area contributed by atoms with Crippen molar-refractivity contribution in [2.45, 2.75) is 24.8 Å². The lowest BCUT2D eigenvalue weighted by Crippen LogP contribution is -2.45. The van der Waals surface area contributed by atoms with E-state index in [1.807, 2.05) is 0 Å². The third-order valence-corrected chi connectivity index (χ3v) is 5.22. The number of nitrogens with one attached hydrogen (secondary N) is 1. The Morgan fingerprint density at radius 1 is 1.04 bits per heavy atom. The Bertz CT molecular complexity index is 895. The molecular weight excluding hydrogens is 373 g/mol. The van der Waals surface area contributed by atoms with Crippen LogP contribution in [0.25, 0.3) is 0 Å². The van der Waals surface area contributed by atoms with Crippen molar-refractivity contribution >= 4 is 21.8 Å². The molecule has 2 aromatic carbocycles. The minimum Gasteiger partial charge on any atom is -0.456 e. The molecule has 0 saturated carbocycles. The zero-order valence-corrected chi connectivity index (χ0v) is 15.7. The highest BCUT2D eigenvalue weighted by Gasteiger charge is 2.30. The van der Waals surface area contributed by atoms with E-state index in [9.17, 15) is 22.4 Å². The van der Waals surface area contributed by atoms with Crippen molar-refractivity contribution in [2.24, 2.45) is 5.92 Å². The molecule has 1 N–H and O–H groups in total. The number of rotatable bonds is 8. The molecule has 0 heterocycles. The monoisotopic (exact) mass is 393 g/mol. The van der Waals surface area contributed by atoms with Crippen LogP contribution in [0.4, 0.5) is 4.39 Å². The summed E-state index contributed by atoms with van der Waals surface area (Å²) >= 11 is 0. The van der Waals surface area contributed by atoms with Gasteiger partial charge < -0.3 is 4.74 Å². The molecule has 2 rings (SSSR count). The van der Waals surface area contributed by atoms with Gasteiger partial charge in [-0.2, -0.15) is 4.72 Å². The molecule has 8 heteroatoms. The maximum Gasteiger partial charge on any atom is 0.324 e. The fraction of sp³-hybridized carbons (Fsp3) is 0.263. The van der Waals surface area contributed by atoms with Crippen LogP contribution in [-0.4, -0.2) is 32.8 Å². The molecule has 0 aliphatic rings. The number of halogens is 1. The Hall–Kier alpha value is -2.58. The summed E-state index contributed by atoms with van der Waals surface area (Å²) in [6.45, 7) is 2.74. The topological polar surface area (TPSA) is 89.5 Å². The van der Waals surface area contributed by atoms with Gasteiger partial charge in [-0.05, 0) is 42.3 Å². The molecule has 27 heavy (non-hydrogen) atoms. The Morgan fingerprint density at radius 3 is 2.19 bits per heavy atom. The van der Waals surface area contributed by atoms with E-state index in [1.54, 1.807) is 32.0 Å². The first-order valence-corrected chi connectivity index (χ1v) is 9.72. The van der Waals surface area contributed by atoms with Gasteiger partial charge in [0.25, 0.3) is 0 Å². The smallest absolute Gasteiger partial charge is 0.324 e. The molecule has 0 radical (unpaired) electrons. The lowest BCUT2D eigenvalue weighted by Gasteiger charge is -2.20. The molecule has 1 unspecified atom stereocenters. The number of sulfonamides is 1. The van der Waals surface area contributed by atoms with E-state index in [0.717, 1.165) is 12.1 Å². The zero-order valence-electron chi connectivity index (χ0n) is 14.9. The van der Waals surface area contributed by atoms with Crippen molar-refractivity contribution in [1.82, 2.24) is 4.72 Å². The third kappa shape index (κ3) is 5.70. The van der Waals surface area contributed by atoms with E-state index in [4.69, 9.17) is 4.74 Å². The highest BCUT2D eigenvalue weighted by Crippen LogP contribution is 2.13. The standard InChI is InChI=1S/C19H20FNO5S/c1-13(2)18(21-27(24,25)16-6-4-3-5-7-16)19(23)26-12-17(22)14-8-10-15(20)11-9-14/h3-11,13,18,21H,12H2,1-2H3. The lowest BCUT2D eigenvalue weighted by molar-refractivity contribution is -0.145. The van der Waals surface area contributed by atoms with Gasteiger partial charge >= 0.3 is 5.97 Å². The van der Waals surface area contributed by atoms with Crippen molar-refractivity contribution < 1.29 is 27.1 Å². The first kappa shape index (κ1) is 20.7. The number of carbonyl (C=O) groups is 2. The normalized spacial score (nSPS) is 12.6. The van der Waals surface area contributed by atoms with Gasteiger partial charge in [0.15, 0.2) is 12.4 Å². The predicted octanol–water partition coefficient (Wildman–Crippen LogP) is 2.55. The van der Waals surface area contributed by atoms with Crippen LogP contribution in [0.2, 0.25) is 0 Å². The molecule has 0 aromatic heterocycles. The fourth-order valence-electron chi connectivity index (χ4n) is 2.24. The lowest BCUT2D eigenvalue weighted by atomic mass is 10.1. The average Bonchev–Trinajstić information content (AvgIpc) is 2.65. The van der Waals surface area contributed by atoms with Gasteiger partial charge in [-0.25, -0.2) is 12.8 Å². The predicted molar refractivity (Wildman–Crippen MR) is 97.1 cm³/mol. The van der Waals surface area contributed by atoms with Crippen LogP contribution in [0.3, 0.4) is 0 Å². The summed E-state index contributed by atoms with van der Waals surface area (Å²) in [6.07, 6.45) is 0. The Kier molecular flexibility index (Phi) is 6.81. The molecule has 0 aliphatic carbocycles. The number of hydrogen-bond donors (Lipinski definition) is 1. The second-order valence-electron chi connectivity index (χ2n) is 6.19. The molecule has 1 atom stereocenters. The highest BCUT2D eigenvalue weighted by atomic mass is 32.2. The molecule has 0 amide bonds. The second-order valence-corrected chi connectivity index (χ2v) is 7.91. The van der Waals surface area contributed by atoms with Crippen LogP contribution in [0.5, 0.6) is 0 Å². The molecule has 0 spiro atoms. The van der Waals surface area contributed by atoms with Crippen LogP contribution in [0.15, 0.2) is 59.5 Å². The van der Waals surface area contributed by atoms with E-state index in [-0.39, 0.29) is 10.5 Å². The van der Waals surface area contributed by atoms with Crippen LogP contribution in [0.1, 0.15) is 24.2 Å². The maximum atomic E-state index is 12.9. The SMILES string of the molecule is CC(C)C(NS(=O)(=O)c1ccccc1)C(=O)OCC(=O)c1ccc(F)cc1. The summed E-state index contributed by atoms with van der Waals surface area (Å²) in [5, 5.41) is 0. The van der Waals surface area contributed by atoms with Crippen molar-refractivity contribution in [2.75, 3.05) is 6.61 Å². The summed E-state index contributed by atoms with van der Waals surface area (Å²) in [5.74, 6) is -2.27. The average molecular weight is 393 g/mol. The van der Waals surface area contributed by atoms with Gasteiger partial charge in [0.1, 0.15) is 11.9 Å². The van der Waals surface area contributed by atoms with Crippen molar-refractivity contribution in [3.05, 3.63) is 66.0 Å². The quantitative estimate of drug-likeness (QED) is 0.550. The number of benzene rings is 2. The second kappa shape index (κ2) is 8.88. The largest absolute Gasteiger partial charge is 0.456 e. The van der Waals surface area contributed by atoms with Crippen LogP contribution < -0.4 is 4.72 Å². The van der Waals surface area contributed by atoms with Crippen LogP contribution in [-0.2, 0) is 19.6 Å². The first-order valence-electron chi connectivity index (χ1n) is 8.23. The number of hydrogen-bond acceptors (Lipinski definition) is 5. The van der Waals surface area contributed by atoms with E-state index in [1.165, 1.54) is 24.3 Å². The molecule has 0 saturated heterocycles. The van der Waals surface area contributed by atoms with Gasteiger partial charge in [-0.3, -0.25) is 9.59 Å². The van der Waals surface area contributed by atoms with E-state index < -0.39 is 46.2 Å². The molecular formula is C19H20FNO5S. The summed E-state index contributed by atoms with van der Waals surface area (Å²) in [4.78, 5) is 24.4. The number of esters is 1.